The molecule has 1 aromatic rings. The van der Waals surface area contributed by atoms with Crippen LogP contribution in [0, 0.1) is 0 Å². The summed E-state index contributed by atoms with van der Waals surface area (Å²) in [6, 6.07) is 4.15. The van der Waals surface area contributed by atoms with Crippen molar-refractivity contribution in [2.45, 2.75) is 25.3 Å². The Morgan fingerprint density at radius 3 is 3.36 bits per heavy atom. The number of rotatable bonds is 0. The molecule has 1 atom stereocenters. The van der Waals surface area contributed by atoms with Crippen LogP contribution < -0.4 is 0 Å². The summed E-state index contributed by atoms with van der Waals surface area (Å²) in [6.07, 6.45) is 5.00. The van der Waals surface area contributed by atoms with Crippen molar-refractivity contribution in [1.29, 1.82) is 0 Å². The topological polar surface area (TPSA) is 33.2 Å². The molecule has 0 radical (unpaired) electrons. The van der Waals surface area contributed by atoms with Gasteiger partial charge in [0.1, 0.15) is 0 Å². The van der Waals surface area contributed by atoms with Gasteiger partial charge in [-0.2, -0.15) is 0 Å². The first-order chi connectivity index (χ1) is 6.86. The maximum Gasteiger partial charge on any atom is 0.255 e. The second-order valence-corrected chi connectivity index (χ2v) is 4.00. The highest BCUT2D eigenvalue weighted by Gasteiger charge is 2.35. The molecule has 2 aliphatic rings. The van der Waals surface area contributed by atoms with E-state index in [1.807, 2.05) is 17.0 Å². The zero-order chi connectivity index (χ0) is 9.54. The predicted molar refractivity (Wildman–Crippen MR) is 52.0 cm³/mol. The van der Waals surface area contributed by atoms with Crippen LogP contribution in [-0.2, 0) is 6.42 Å². The van der Waals surface area contributed by atoms with E-state index in [-0.39, 0.29) is 5.91 Å². The van der Waals surface area contributed by atoms with Crippen molar-refractivity contribution in [1.82, 2.24) is 9.88 Å². The Bertz CT molecular complexity index is 389. The van der Waals surface area contributed by atoms with Crippen LogP contribution >= 0.6 is 0 Å². The summed E-state index contributed by atoms with van der Waals surface area (Å²) in [5, 5.41) is 0. The van der Waals surface area contributed by atoms with Crippen molar-refractivity contribution >= 4 is 5.91 Å². The van der Waals surface area contributed by atoms with Crippen molar-refractivity contribution in [2.24, 2.45) is 0 Å². The van der Waals surface area contributed by atoms with Gasteiger partial charge in [0, 0.05) is 25.2 Å². The first-order valence-electron chi connectivity index (χ1n) is 5.11. The van der Waals surface area contributed by atoms with E-state index in [0.717, 1.165) is 37.1 Å². The van der Waals surface area contributed by atoms with Gasteiger partial charge in [-0.15, -0.1) is 0 Å². The first-order valence-corrected chi connectivity index (χ1v) is 5.11. The van der Waals surface area contributed by atoms with Gasteiger partial charge in [-0.25, -0.2) is 0 Å². The number of nitrogens with zero attached hydrogens (tertiary/aromatic N) is 2. The molecule has 3 nitrogen and oxygen atoms in total. The normalized spacial score (nSPS) is 24.7. The van der Waals surface area contributed by atoms with Crippen LogP contribution in [0.5, 0.6) is 0 Å². The fourth-order valence-corrected chi connectivity index (χ4v) is 2.49. The molecule has 0 saturated carbocycles. The third-order valence-electron chi connectivity index (χ3n) is 3.19. The molecule has 72 valence electrons. The average molecular weight is 188 g/mol. The van der Waals surface area contributed by atoms with Crippen molar-refractivity contribution in [3.63, 3.8) is 0 Å². The zero-order valence-electron chi connectivity index (χ0n) is 7.94. The van der Waals surface area contributed by atoms with Crippen LogP contribution in [-0.4, -0.2) is 28.4 Å². The summed E-state index contributed by atoms with van der Waals surface area (Å²) in [5.74, 6) is 0.182. The van der Waals surface area contributed by atoms with Gasteiger partial charge in [0.05, 0.1) is 11.3 Å². The molecule has 1 aromatic heterocycles. The van der Waals surface area contributed by atoms with Gasteiger partial charge in [0.2, 0.25) is 0 Å². The first kappa shape index (κ1) is 7.97. The van der Waals surface area contributed by atoms with Crippen molar-refractivity contribution < 1.29 is 4.79 Å². The number of pyridine rings is 1. The molecule has 0 aromatic carbocycles. The highest BCUT2D eigenvalue weighted by Crippen LogP contribution is 2.28. The van der Waals surface area contributed by atoms with E-state index in [1.165, 1.54) is 0 Å². The summed E-state index contributed by atoms with van der Waals surface area (Å²) in [5.41, 5.74) is 1.80. The van der Waals surface area contributed by atoms with Crippen molar-refractivity contribution in [3.05, 3.63) is 29.6 Å². The van der Waals surface area contributed by atoms with Gasteiger partial charge >= 0.3 is 0 Å². The summed E-state index contributed by atoms with van der Waals surface area (Å²) < 4.78 is 0. The summed E-state index contributed by atoms with van der Waals surface area (Å²) in [7, 11) is 0. The lowest BCUT2D eigenvalue weighted by atomic mass is 9.99. The minimum atomic E-state index is 0.182. The lowest BCUT2D eigenvalue weighted by Crippen LogP contribution is -2.41. The lowest BCUT2D eigenvalue weighted by molar-refractivity contribution is 0.0712. The third kappa shape index (κ3) is 0.983. The van der Waals surface area contributed by atoms with Crippen molar-refractivity contribution in [2.75, 3.05) is 6.54 Å². The predicted octanol–water partition coefficient (Wildman–Crippen LogP) is 1.24. The Balaban J connectivity index is 2.08. The largest absolute Gasteiger partial charge is 0.335 e. The molecule has 0 spiro atoms. The minimum Gasteiger partial charge on any atom is -0.335 e. The molecule has 1 amide bonds. The highest BCUT2D eigenvalue weighted by atomic mass is 16.2. The van der Waals surface area contributed by atoms with E-state index in [2.05, 4.69) is 4.98 Å². The van der Waals surface area contributed by atoms with Crippen LogP contribution in [0.25, 0.3) is 0 Å². The molecule has 0 bridgehead atoms. The highest BCUT2D eigenvalue weighted by molar-refractivity contribution is 5.96. The van der Waals surface area contributed by atoms with E-state index in [1.54, 1.807) is 6.20 Å². The molecular formula is C11H12N2O. The van der Waals surface area contributed by atoms with Gasteiger partial charge in [0.25, 0.3) is 5.91 Å². The van der Waals surface area contributed by atoms with Gasteiger partial charge in [0.15, 0.2) is 0 Å². The number of hydrogen-bond acceptors (Lipinski definition) is 2. The molecule has 0 aliphatic carbocycles. The fourth-order valence-electron chi connectivity index (χ4n) is 2.49. The Morgan fingerprint density at radius 2 is 2.43 bits per heavy atom. The van der Waals surface area contributed by atoms with Crippen LogP contribution in [0.4, 0.5) is 0 Å². The second-order valence-electron chi connectivity index (χ2n) is 4.00. The van der Waals surface area contributed by atoms with E-state index in [4.69, 9.17) is 0 Å². The quantitative estimate of drug-likeness (QED) is 0.613. The Kier molecular flexibility index (Phi) is 1.60. The molecule has 1 unspecified atom stereocenters. The number of fused-ring (bicyclic) bond motifs is 2. The maximum absolute atomic E-state index is 12.0. The average Bonchev–Trinajstić information content (AvgIpc) is 2.66. The van der Waals surface area contributed by atoms with E-state index in [0.29, 0.717) is 6.04 Å². The van der Waals surface area contributed by atoms with Gasteiger partial charge in [-0.05, 0) is 25.0 Å². The molecular weight excluding hydrogens is 176 g/mol. The van der Waals surface area contributed by atoms with Crippen LogP contribution in [0.2, 0.25) is 0 Å². The Labute approximate surface area is 82.8 Å². The van der Waals surface area contributed by atoms with Crippen LogP contribution in [0.3, 0.4) is 0 Å². The van der Waals surface area contributed by atoms with Crippen LogP contribution in [0.15, 0.2) is 18.3 Å². The number of carbonyl (C=O) groups excluding carboxylic acids is 1. The summed E-state index contributed by atoms with van der Waals surface area (Å²) >= 11 is 0. The van der Waals surface area contributed by atoms with E-state index in [9.17, 15) is 4.79 Å². The number of amides is 1. The molecule has 3 heteroatoms. The van der Waals surface area contributed by atoms with E-state index < -0.39 is 0 Å². The SMILES string of the molecule is O=C1c2cccnc2CC2CCCN12. The molecule has 2 aliphatic heterocycles. The van der Waals surface area contributed by atoms with Gasteiger partial charge < -0.3 is 4.90 Å². The molecule has 14 heavy (non-hydrogen) atoms. The molecule has 0 N–H and O–H groups in total. The number of aromatic nitrogens is 1. The zero-order valence-corrected chi connectivity index (χ0v) is 7.94. The third-order valence-corrected chi connectivity index (χ3v) is 3.19. The standard InChI is InChI=1S/C11H12N2O/c14-11-9-4-1-5-12-10(9)7-8-3-2-6-13(8)11/h1,4-5,8H,2-3,6-7H2. The smallest absolute Gasteiger partial charge is 0.255 e. The number of carbonyl (C=O) groups is 1. The minimum absolute atomic E-state index is 0.182. The second kappa shape index (κ2) is 2.80. The Morgan fingerprint density at radius 1 is 1.50 bits per heavy atom. The monoisotopic (exact) mass is 188 g/mol. The van der Waals surface area contributed by atoms with Crippen LogP contribution in [0.1, 0.15) is 28.9 Å². The van der Waals surface area contributed by atoms with E-state index >= 15 is 0 Å². The van der Waals surface area contributed by atoms with Crippen molar-refractivity contribution in [3.8, 4) is 0 Å². The van der Waals surface area contributed by atoms with Gasteiger partial charge in [-0.3, -0.25) is 9.78 Å². The number of hydrogen-bond donors (Lipinski definition) is 0. The Hall–Kier alpha value is -1.38. The molecule has 3 heterocycles. The molecule has 1 fully saturated rings. The fraction of sp³-hybridized carbons (Fsp3) is 0.455. The lowest BCUT2D eigenvalue weighted by Gasteiger charge is -2.30. The van der Waals surface area contributed by atoms with Gasteiger partial charge in [-0.1, -0.05) is 0 Å². The molecule has 3 rings (SSSR count). The summed E-state index contributed by atoms with van der Waals surface area (Å²) in [4.78, 5) is 18.3. The maximum atomic E-state index is 12.0. The molecule has 1 saturated heterocycles. The summed E-state index contributed by atoms with van der Waals surface area (Å²) in [6.45, 7) is 0.928.